The van der Waals surface area contributed by atoms with E-state index in [0.29, 0.717) is 10.9 Å². The Morgan fingerprint density at radius 2 is 1.44 bits per heavy atom. The molecular weight excluding hydrogens is 727 g/mol. The summed E-state index contributed by atoms with van der Waals surface area (Å²) in [6.45, 7) is 0.730. The van der Waals surface area contributed by atoms with Gasteiger partial charge in [0.2, 0.25) is 5.91 Å². The number of hydrogen-bond donors (Lipinski definition) is 3. The summed E-state index contributed by atoms with van der Waals surface area (Å²) in [6.07, 6.45) is 0.0832. The number of β-lactam (4-membered cyclic amide) rings is 1. The van der Waals surface area contributed by atoms with Gasteiger partial charge in [0.25, 0.3) is 5.91 Å². The van der Waals surface area contributed by atoms with Crippen LogP contribution in [0.25, 0.3) is 0 Å². The highest BCUT2D eigenvalue weighted by Crippen LogP contribution is 2.44. The van der Waals surface area contributed by atoms with Crippen LogP contribution in [0.3, 0.4) is 0 Å². The van der Waals surface area contributed by atoms with Gasteiger partial charge in [-0.05, 0) is 28.8 Å². The number of rotatable bonds is 13. The largest absolute Gasteiger partial charge is 0.477 e. The van der Waals surface area contributed by atoms with Gasteiger partial charge in [-0.2, -0.15) is 0 Å². The number of ether oxygens (including phenoxy) is 1. The Hall–Kier alpha value is -6.25. The van der Waals surface area contributed by atoms with Crippen LogP contribution in [0.2, 0.25) is 0 Å². The highest BCUT2D eigenvalue weighted by atomic mass is 32.2. The summed E-state index contributed by atoms with van der Waals surface area (Å²) in [6, 6.07) is 38.7. The van der Waals surface area contributed by atoms with E-state index in [1.807, 2.05) is 97.1 Å². The molecule has 0 bridgehead atoms. The van der Waals surface area contributed by atoms with Crippen molar-refractivity contribution in [2.24, 2.45) is 5.16 Å². The molecule has 0 radical (unpaired) electrons. The van der Waals surface area contributed by atoms with Crippen molar-refractivity contribution in [1.82, 2.24) is 15.2 Å². The second kappa shape index (κ2) is 15.8. The summed E-state index contributed by atoms with van der Waals surface area (Å²) in [5.74, 6) is -2.78. The van der Waals surface area contributed by atoms with Crippen molar-refractivity contribution in [1.29, 1.82) is 0 Å². The van der Waals surface area contributed by atoms with E-state index in [2.05, 4.69) is 15.8 Å². The summed E-state index contributed by atoms with van der Waals surface area (Å²) in [4.78, 5) is 62.7. The first-order valence-corrected chi connectivity index (χ1v) is 18.7. The molecule has 1 fully saturated rings. The van der Waals surface area contributed by atoms with E-state index in [1.165, 1.54) is 18.3 Å². The van der Waals surface area contributed by atoms with Crippen LogP contribution in [0.5, 0.6) is 5.75 Å². The number of amides is 2. The molecule has 3 N–H and O–H groups in total. The molecule has 4 aromatic carbocycles. The van der Waals surface area contributed by atoms with Gasteiger partial charge in [-0.15, -0.1) is 23.1 Å². The van der Waals surface area contributed by atoms with E-state index in [4.69, 9.17) is 14.6 Å². The normalized spacial score (nSPS) is 16.9. The zero-order valence-electron chi connectivity index (χ0n) is 28.7. The number of carbonyl (C=O) groups excluding carboxylic acids is 3. The SMILES string of the molecule is CC(=O)OCC1=C(C(=O)O)N2C(=O)C[C@H]2SC1NC(=O)C(=NOc1ccccc1)c1csc(NC(c2ccccc2)(c2ccccc2)c2ccccc2)n1. The van der Waals surface area contributed by atoms with Gasteiger partial charge in [-0.1, -0.05) is 114 Å². The van der Waals surface area contributed by atoms with E-state index >= 15 is 0 Å². The van der Waals surface area contributed by atoms with E-state index in [0.717, 1.165) is 33.4 Å². The van der Waals surface area contributed by atoms with Crippen LogP contribution in [0.1, 0.15) is 35.7 Å². The summed E-state index contributed by atoms with van der Waals surface area (Å²) in [5.41, 5.74) is 1.68. The molecular formula is C40H33N5O7S2. The van der Waals surface area contributed by atoms with Crippen molar-refractivity contribution >= 4 is 57.7 Å². The maximum atomic E-state index is 14.3. The molecule has 1 unspecified atom stereocenters. The standard InChI is InChI=1S/C40H33N5O7S2/c1-25(46)51-23-30-35(38(49)50)45-32(47)22-33(45)54-37(30)42-36(48)34(44-52-29-20-12-5-13-21-29)31-24-53-39(41-31)43-40(26-14-6-2-7-15-26,27-16-8-3-9-17-27)28-18-10-4-11-19-28/h2-21,24,33,37H,22-23H2,1H3,(H,41,43)(H,42,48)(H,49,50)/t33-,37?/m1/s1. The first-order chi connectivity index (χ1) is 26.2. The molecule has 2 amide bonds. The lowest BCUT2D eigenvalue weighted by atomic mass is 9.77. The number of fused-ring (bicyclic) bond motifs is 1. The molecule has 7 rings (SSSR count). The summed E-state index contributed by atoms with van der Waals surface area (Å²) in [7, 11) is 0. The van der Waals surface area contributed by atoms with Crippen molar-refractivity contribution in [2.45, 2.75) is 29.6 Å². The summed E-state index contributed by atoms with van der Waals surface area (Å²) < 4.78 is 5.19. The second-order valence-corrected chi connectivity index (χ2v) is 14.4. The number of para-hydroxylation sites is 1. The first kappa shape index (κ1) is 36.1. The van der Waals surface area contributed by atoms with Crippen molar-refractivity contribution < 1.29 is 33.9 Å². The first-order valence-electron chi connectivity index (χ1n) is 16.8. The zero-order valence-corrected chi connectivity index (χ0v) is 30.4. The number of thiazole rings is 1. The summed E-state index contributed by atoms with van der Waals surface area (Å²) in [5, 5.41) is 21.6. The van der Waals surface area contributed by atoms with Crippen molar-refractivity contribution in [3.63, 3.8) is 0 Å². The Morgan fingerprint density at radius 1 is 0.889 bits per heavy atom. The van der Waals surface area contributed by atoms with Gasteiger partial charge in [0.15, 0.2) is 16.6 Å². The Labute approximate surface area is 318 Å². The molecule has 5 aromatic rings. The third-order valence-corrected chi connectivity index (χ3v) is 10.9. The molecule has 12 nitrogen and oxygen atoms in total. The third kappa shape index (κ3) is 7.34. The number of benzene rings is 4. The molecule has 272 valence electrons. The minimum Gasteiger partial charge on any atom is -0.477 e. The zero-order chi connectivity index (χ0) is 37.7. The molecule has 2 atom stereocenters. The predicted octanol–water partition coefficient (Wildman–Crippen LogP) is 5.98. The minimum atomic E-state index is -1.38. The van der Waals surface area contributed by atoms with E-state index in [1.54, 1.807) is 29.6 Å². The average molecular weight is 760 g/mol. The van der Waals surface area contributed by atoms with Gasteiger partial charge in [0.05, 0.1) is 11.8 Å². The number of esters is 1. The predicted molar refractivity (Wildman–Crippen MR) is 205 cm³/mol. The molecule has 1 saturated heterocycles. The van der Waals surface area contributed by atoms with Gasteiger partial charge in [0, 0.05) is 17.9 Å². The number of carboxylic acids is 1. The van der Waals surface area contributed by atoms with Gasteiger partial charge < -0.3 is 25.3 Å². The smallest absolute Gasteiger partial charge is 0.352 e. The number of aliphatic carboxylic acids is 1. The topological polar surface area (TPSA) is 160 Å². The second-order valence-electron chi connectivity index (χ2n) is 12.2. The van der Waals surface area contributed by atoms with Crippen LogP contribution >= 0.6 is 23.1 Å². The highest BCUT2D eigenvalue weighted by molar-refractivity contribution is 8.00. The van der Waals surface area contributed by atoms with Crippen LogP contribution in [-0.4, -0.2) is 61.8 Å². The lowest BCUT2D eigenvalue weighted by Gasteiger charge is -2.46. The number of nitrogens with zero attached hydrogens (tertiary/aromatic N) is 3. The van der Waals surface area contributed by atoms with E-state index < -0.39 is 40.7 Å². The number of nitrogens with one attached hydrogen (secondary N) is 2. The van der Waals surface area contributed by atoms with Crippen LogP contribution in [0, 0.1) is 0 Å². The van der Waals surface area contributed by atoms with Crippen molar-refractivity contribution in [3.05, 3.63) is 160 Å². The number of carbonyl (C=O) groups is 4. The molecule has 2 aliphatic heterocycles. The fraction of sp³-hybridized carbons (Fsp3) is 0.150. The van der Waals surface area contributed by atoms with Gasteiger partial charge in [-0.3, -0.25) is 19.3 Å². The van der Waals surface area contributed by atoms with Gasteiger partial charge in [-0.25, -0.2) is 9.78 Å². The van der Waals surface area contributed by atoms with Crippen LogP contribution in [0.15, 0.2) is 143 Å². The number of oxime groups is 1. The lowest BCUT2D eigenvalue weighted by molar-refractivity contribution is -0.146. The Balaban J connectivity index is 1.27. The molecule has 2 aliphatic rings. The fourth-order valence-electron chi connectivity index (χ4n) is 6.32. The molecule has 0 aliphatic carbocycles. The van der Waals surface area contributed by atoms with E-state index in [-0.39, 0.29) is 35.0 Å². The number of anilines is 1. The molecule has 0 spiro atoms. The summed E-state index contributed by atoms with van der Waals surface area (Å²) >= 11 is 2.43. The quantitative estimate of drug-likeness (QED) is 0.0429. The highest BCUT2D eigenvalue weighted by Gasteiger charge is 2.49. The minimum absolute atomic E-state index is 0.0441. The maximum absolute atomic E-state index is 14.3. The molecule has 3 heterocycles. The van der Waals surface area contributed by atoms with Crippen LogP contribution in [0.4, 0.5) is 5.13 Å². The average Bonchev–Trinajstić information content (AvgIpc) is 3.65. The molecule has 1 aromatic heterocycles. The van der Waals surface area contributed by atoms with Crippen LogP contribution in [-0.2, 0) is 29.5 Å². The maximum Gasteiger partial charge on any atom is 0.352 e. The molecule has 0 saturated carbocycles. The van der Waals surface area contributed by atoms with Crippen LogP contribution < -0.4 is 15.5 Å². The lowest BCUT2D eigenvalue weighted by Crippen LogP contribution is -2.58. The van der Waals surface area contributed by atoms with Gasteiger partial charge in [0.1, 0.15) is 28.9 Å². The number of aromatic nitrogens is 1. The Kier molecular flexibility index (Phi) is 10.6. The van der Waals surface area contributed by atoms with Crippen molar-refractivity contribution in [2.75, 3.05) is 11.9 Å². The molecule has 54 heavy (non-hydrogen) atoms. The van der Waals surface area contributed by atoms with E-state index in [9.17, 15) is 24.3 Å². The molecule has 14 heteroatoms. The number of hydrogen-bond acceptors (Lipinski definition) is 11. The fourth-order valence-corrected chi connectivity index (χ4v) is 8.49. The third-order valence-electron chi connectivity index (χ3n) is 8.82. The number of carboxylic acid groups (broad SMARTS) is 1. The van der Waals surface area contributed by atoms with Crippen molar-refractivity contribution in [3.8, 4) is 5.75 Å². The monoisotopic (exact) mass is 759 g/mol. The van der Waals surface area contributed by atoms with Gasteiger partial charge >= 0.3 is 11.9 Å². The Morgan fingerprint density at radius 3 is 1.96 bits per heavy atom. The number of thioether (sulfide) groups is 1. The Bertz CT molecular complexity index is 2140.